The predicted molar refractivity (Wildman–Crippen MR) is 97.0 cm³/mol. The first-order chi connectivity index (χ1) is 12.2. The summed E-state index contributed by atoms with van der Waals surface area (Å²) in [5, 5.41) is 5.11. The standard InChI is InChI=1S/C19H23N3O2S/c23-18(21-9-17-4-2-6-25-17)7-19-13-22(11-16(19)12-24-14-19)10-15-3-1-5-20-8-15/h1-6,8,16H,7,9-14H2,(H,21,23)/t16-,19+/m1/s1. The minimum absolute atomic E-state index is 0.0399. The lowest BCUT2D eigenvalue weighted by molar-refractivity contribution is -0.123. The van der Waals surface area contributed by atoms with Crippen LogP contribution in [-0.2, 0) is 22.6 Å². The summed E-state index contributed by atoms with van der Waals surface area (Å²) >= 11 is 1.67. The molecule has 5 nitrogen and oxygen atoms in total. The van der Waals surface area contributed by atoms with Gasteiger partial charge in [0.25, 0.3) is 0 Å². The van der Waals surface area contributed by atoms with Crippen LogP contribution in [0.4, 0.5) is 0 Å². The van der Waals surface area contributed by atoms with Crippen molar-refractivity contribution in [1.29, 1.82) is 0 Å². The van der Waals surface area contributed by atoms with Gasteiger partial charge in [0.05, 0.1) is 19.8 Å². The number of nitrogens with zero attached hydrogens (tertiary/aromatic N) is 2. The molecule has 2 aromatic rings. The smallest absolute Gasteiger partial charge is 0.221 e. The fourth-order valence-electron chi connectivity index (χ4n) is 4.04. The van der Waals surface area contributed by atoms with Gasteiger partial charge in [0.2, 0.25) is 5.91 Å². The van der Waals surface area contributed by atoms with Crippen molar-refractivity contribution < 1.29 is 9.53 Å². The second-order valence-corrected chi connectivity index (χ2v) is 8.17. The molecule has 2 aliphatic rings. The number of amides is 1. The van der Waals surface area contributed by atoms with Crippen molar-refractivity contribution in [3.8, 4) is 0 Å². The highest BCUT2D eigenvalue weighted by molar-refractivity contribution is 7.09. The molecule has 2 aliphatic heterocycles. The molecule has 2 aromatic heterocycles. The average Bonchev–Trinajstić information content (AvgIpc) is 3.30. The lowest BCUT2D eigenvalue weighted by Crippen LogP contribution is -2.37. The van der Waals surface area contributed by atoms with Crippen LogP contribution in [-0.4, -0.2) is 42.1 Å². The molecule has 2 saturated heterocycles. The number of carbonyl (C=O) groups excluding carboxylic acids is 1. The van der Waals surface area contributed by atoms with Gasteiger partial charge in [-0.3, -0.25) is 14.7 Å². The molecule has 0 bridgehead atoms. The fourth-order valence-corrected chi connectivity index (χ4v) is 4.69. The molecule has 1 N–H and O–H groups in total. The number of hydrogen-bond acceptors (Lipinski definition) is 5. The van der Waals surface area contributed by atoms with Crippen molar-refractivity contribution in [3.05, 3.63) is 52.5 Å². The molecule has 6 heteroatoms. The van der Waals surface area contributed by atoms with Crippen LogP contribution in [0.5, 0.6) is 0 Å². The number of rotatable bonds is 6. The Labute approximate surface area is 152 Å². The molecular weight excluding hydrogens is 334 g/mol. The average molecular weight is 357 g/mol. The van der Waals surface area contributed by atoms with Crippen LogP contribution in [0.25, 0.3) is 0 Å². The number of likely N-dealkylation sites (tertiary alicyclic amines) is 1. The number of pyridine rings is 1. The highest BCUT2D eigenvalue weighted by Crippen LogP contribution is 2.44. The monoisotopic (exact) mass is 357 g/mol. The summed E-state index contributed by atoms with van der Waals surface area (Å²) in [4.78, 5) is 20.3. The Kier molecular flexibility index (Phi) is 4.83. The third-order valence-electron chi connectivity index (χ3n) is 5.27. The van der Waals surface area contributed by atoms with Crippen molar-refractivity contribution >= 4 is 17.2 Å². The highest BCUT2D eigenvalue weighted by Gasteiger charge is 2.51. The van der Waals surface area contributed by atoms with Crippen LogP contribution in [0, 0.1) is 11.3 Å². The molecule has 0 saturated carbocycles. The van der Waals surface area contributed by atoms with Crippen LogP contribution in [0.15, 0.2) is 42.0 Å². The van der Waals surface area contributed by atoms with Gasteiger partial charge in [-0.2, -0.15) is 0 Å². The van der Waals surface area contributed by atoms with Crippen molar-refractivity contribution in [1.82, 2.24) is 15.2 Å². The molecule has 132 valence electrons. The zero-order chi connectivity index (χ0) is 17.1. The number of thiophene rings is 1. The third-order valence-corrected chi connectivity index (χ3v) is 6.15. The maximum Gasteiger partial charge on any atom is 0.221 e. The first-order valence-electron chi connectivity index (χ1n) is 8.72. The Hall–Kier alpha value is -1.76. The number of fused-ring (bicyclic) bond motifs is 1. The van der Waals surface area contributed by atoms with Crippen LogP contribution >= 0.6 is 11.3 Å². The molecule has 0 radical (unpaired) electrons. The number of nitrogens with one attached hydrogen (secondary N) is 1. The Morgan fingerprint density at radius 3 is 3.20 bits per heavy atom. The lowest BCUT2D eigenvalue weighted by Gasteiger charge is -2.26. The zero-order valence-electron chi connectivity index (χ0n) is 14.2. The van der Waals surface area contributed by atoms with Crippen LogP contribution < -0.4 is 5.32 Å². The van der Waals surface area contributed by atoms with Gasteiger partial charge in [-0.1, -0.05) is 12.1 Å². The quantitative estimate of drug-likeness (QED) is 0.862. The summed E-state index contributed by atoms with van der Waals surface area (Å²) < 4.78 is 5.75. The Morgan fingerprint density at radius 2 is 2.40 bits per heavy atom. The third kappa shape index (κ3) is 3.76. The van der Waals surface area contributed by atoms with Crippen molar-refractivity contribution in [2.75, 3.05) is 26.3 Å². The maximum atomic E-state index is 12.5. The van der Waals surface area contributed by atoms with E-state index in [9.17, 15) is 4.79 Å². The summed E-state index contributed by atoms with van der Waals surface area (Å²) in [6.07, 6.45) is 4.27. The van der Waals surface area contributed by atoms with E-state index in [1.165, 1.54) is 10.4 Å². The minimum Gasteiger partial charge on any atom is -0.380 e. The van der Waals surface area contributed by atoms with Gasteiger partial charge in [0.1, 0.15) is 0 Å². The van der Waals surface area contributed by atoms with E-state index in [0.717, 1.165) is 26.2 Å². The van der Waals surface area contributed by atoms with Gasteiger partial charge in [-0.05, 0) is 23.1 Å². The van der Waals surface area contributed by atoms with E-state index in [-0.39, 0.29) is 11.3 Å². The van der Waals surface area contributed by atoms with Gasteiger partial charge in [-0.25, -0.2) is 0 Å². The van der Waals surface area contributed by atoms with E-state index >= 15 is 0 Å². The molecule has 1 amide bonds. The predicted octanol–water partition coefficient (Wildman–Crippen LogP) is 2.30. The topological polar surface area (TPSA) is 54.5 Å². The minimum atomic E-state index is -0.0399. The summed E-state index contributed by atoms with van der Waals surface area (Å²) in [6, 6.07) is 8.15. The molecule has 2 fully saturated rings. The van der Waals surface area contributed by atoms with E-state index in [2.05, 4.69) is 27.3 Å². The second-order valence-electron chi connectivity index (χ2n) is 7.14. The number of carbonyl (C=O) groups is 1. The molecule has 0 spiro atoms. The van der Waals surface area contributed by atoms with E-state index in [4.69, 9.17) is 4.74 Å². The SMILES string of the molecule is O=C(C[C@]12COC[C@H]1CN(Cc1cccnc1)C2)NCc1cccs1. The Morgan fingerprint density at radius 1 is 1.44 bits per heavy atom. The van der Waals surface area contributed by atoms with Crippen molar-refractivity contribution in [2.24, 2.45) is 11.3 Å². The molecule has 0 aromatic carbocycles. The van der Waals surface area contributed by atoms with E-state index in [1.807, 2.05) is 23.7 Å². The van der Waals surface area contributed by atoms with Crippen LogP contribution in [0.1, 0.15) is 16.9 Å². The molecular formula is C19H23N3O2S. The first kappa shape index (κ1) is 16.7. The first-order valence-corrected chi connectivity index (χ1v) is 9.60. The van der Waals surface area contributed by atoms with E-state index < -0.39 is 0 Å². The molecule has 4 heterocycles. The molecule has 0 aliphatic carbocycles. The molecule has 25 heavy (non-hydrogen) atoms. The summed E-state index contributed by atoms with van der Waals surface area (Å²) in [5.74, 6) is 0.573. The largest absolute Gasteiger partial charge is 0.380 e. The van der Waals surface area contributed by atoms with Gasteiger partial charge in [0, 0.05) is 54.7 Å². The molecule has 2 atom stereocenters. The number of aromatic nitrogens is 1. The Balaban J connectivity index is 1.36. The maximum absolute atomic E-state index is 12.5. The second kappa shape index (κ2) is 7.23. The normalized spacial score (nSPS) is 25.8. The van der Waals surface area contributed by atoms with Crippen LogP contribution in [0.3, 0.4) is 0 Å². The van der Waals surface area contributed by atoms with Crippen molar-refractivity contribution in [3.63, 3.8) is 0 Å². The van der Waals surface area contributed by atoms with Gasteiger partial charge < -0.3 is 10.1 Å². The molecule has 4 rings (SSSR count). The van der Waals surface area contributed by atoms with Crippen LogP contribution in [0.2, 0.25) is 0 Å². The van der Waals surface area contributed by atoms with Gasteiger partial charge >= 0.3 is 0 Å². The summed E-state index contributed by atoms with van der Waals surface area (Å²) in [6.45, 7) is 4.88. The summed E-state index contributed by atoms with van der Waals surface area (Å²) in [5.41, 5.74) is 1.18. The highest BCUT2D eigenvalue weighted by atomic mass is 32.1. The number of ether oxygens (including phenoxy) is 1. The van der Waals surface area contributed by atoms with Gasteiger partial charge in [-0.15, -0.1) is 11.3 Å². The molecule has 0 unspecified atom stereocenters. The van der Waals surface area contributed by atoms with Crippen molar-refractivity contribution in [2.45, 2.75) is 19.5 Å². The van der Waals surface area contributed by atoms with Gasteiger partial charge in [0.15, 0.2) is 0 Å². The number of hydrogen-bond donors (Lipinski definition) is 1. The summed E-state index contributed by atoms with van der Waals surface area (Å²) in [7, 11) is 0. The zero-order valence-corrected chi connectivity index (χ0v) is 15.0. The fraction of sp³-hybridized carbons (Fsp3) is 0.474. The van der Waals surface area contributed by atoms with E-state index in [1.54, 1.807) is 17.5 Å². The van der Waals surface area contributed by atoms with E-state index in [0.29, 0.717) is 25.5 Å². The lowest BCUT2D eigenvalue weighted by atomic mass is 9.78. The Bertz CT molecular complexity index is 707.